The van der Waals surface area contributed by atoms with Crippen molar-refractivity contribution in [2.45, 2.75) is 38.8 Å². The molecule has 0 N–H and O–H groups in total. The second-order valence-electron chi connectivity index (χ2n) is 6.49. The van der Waals surface area contributed by atoms with E-state index in [1.165, 1.54) is 0 Å². The minimum Gasteiger partial charge on any atom is -0.377 e. The monoisotopic (exact) mass is 317 g/mol. The number of rotatable bonds is 4. The molecule has 2 saturated heterocycles. The largest absolute Gasteiger partial charge is 0.377 e. The van der Waals surface area contributed by atoms with Crippen molar-refractivity contribution in [3.05, 3.63) is 30.1 Å². The van der Waals surface area contributed by atoms with Gasteiger partial charge in [-0.2, -0.15) is 0 Å². The molecule has 1 aromatic rings. The van der Waals surface area contributed by atoms with E-state index in [1.807, 2.05) is 23.2 Å². The van der Waals surface area contributed by atoms with Gasteiger partial charge < -0.3 is 9.64 Å². The lowest BCUT2D eigenvalue weighted by molar-refractivity contribution is -0.147. The maximum atomic E-state index is 12.8. The molecule has 0 bridgehead atoms. The van der Waals surface area contributed by atoms with Crippen LogP contribution >= 0.6 is 0 Å². The molecule has 2 fully saturated rings. The maximum Gasteiger partial charge on any atom is 0.228 e. The molecule has 2 aliphatic rings. The van der Waals surface area contributed by atoms with E-state index >= 15 is 0 Å². The average Bonchev–Trinajstić information content (AvgIpc) is 2.62. The molecule has 3 rings (SSSR count). The smallest absolute Gasteiger partial charge is 0.228 e. The highest BCUT2D eigenvalue weighted by Gasteiger charge is 2.34. The predicted molar refractivity (Wildman–Crippen MR) is 88.8 cm³/mol. The van der Waals surface area contributed by atoms with E-state index in [4.69, 9.17) is 4.74 Å². The van der Waals surface area contributed by atoms with Crippen LogP contribution < -0.4 is 0 Å². The SMILES string of the molecule is CC[C@H]1OCCC[C@H]1C(=O)N1CCN(Cc2ccccn2)CC1. The Morgan fingerprint density at radius 1 is 1.30 bits per heavy atom. The minimum absolute atomic E-state index is 0.0658. The van der Waals surface area contributed by atoms with Crippen molar-refractivity contribution >= 4 is 5.91 Å². The Morgan fingerprint density at radius 2 is 2.13 bits per heavy atom. The van der Waals surface area contributed by atoms with Gasteiger partial charge in [0.05, 0.1) is 17.7 Å². The predicted octanol–water partition coefficient (Wildman–Crippen LogP) is 1.93. The number of hydrogen-bond donors (Lipinski definition) is 0. The third-order valence-electron chi connectivity index (χ3n) is 4.96. The van der Waals surface area contributed by atoms with Crippen LogP contribution in [0.25, 0.3) is 0 Å². The molecule has 0 radical (unpaired) electrons. The van der Waals surface area contributed by atoms with E-state index in [0.717, 1.165) is 64.3 Å². The van der Waals surface area contributed by atoms with E-state index < -0.39 is 0 Å². The Morgan fingerprint density at radius 3 is 2.83 bits per heavy atom. The summed E-state index contributed by atoms with van der Waals surface area (Å²) in [4.78, 5) is 21.6. The van der Waals surface area contributed by atoms with Gasteiger partial charge in [-0.25, -0.2) is 0 Å². The van der Waals surface area contributed by atoms with Gasteiger partial charge in [0.25, 0.3) is 0 Å². The van der Waals surface area contributed by atoms with Crippen molar-refractivity contribution in [1.82, 2.24) is 14.8 Å². The summed E-state index contributed by atoms with van der Waals surface area (Å²) in [5, 5.41) is 0. The van der Waals surface area contributed by atoms with Crippen LogP contribution in [0.15, 0.2) is 24.4 Å². The van der Waals surface area contributed by atoms with Gasteiger partial charge in [0.2, 0.25) is 5.91 Å². The van der Waals surface area contributed by atoms with E-state index in [0.29, 0.717) is 5.91 Å². The second kappa shape index (κ2) is 7.88. The molecule has 1 amide bonds. The first-order valence-corrected chi connectivity index (χ1v) is 8.80. The van der Waals surface area contributed by atoms with Gasteiger partial charge in [-0.3, -0.25) is 14.7 Å². The third kappa shape index (κ3) is 4.09. The van der Waals surface area contributed by atoms with Crippen LogP contribution in [-0.2, 0) is 16.1 Å². The zero-order valence-corrected chi connectivity index (χ0v) is 14.0. The van der Waals surface area contributed by atoms with Gasteiger partial charge in [-0.05, 0) is 31.4 Å². The summed E-state index contributed by atoms with van der Waals surface area (Å²) in [5.41, 5.74) is 1.10. The highest BCUT2D eigenvalue weighted by atomic mass is 16.5. The number of piperazine rings is 1. The molecule has 0 unspecified atom stereocenters. The fraction of sp³-hybridized carbons (Fsp3) is 0.667. The van der Waals surface area contributed by atoms with E-state index in [2.05, 4.69) is 22.9 Å². The van der Waals surface area contributed by atoms with Crippen LogP contribution in [0, 0.1) is 5.92 Å². The minimum atomic E-state index is 0.0658. The lowest BCUT2D eigenvalue weighted by atomic mass is 9.91. The lowest BCUT2D eigenvalue weighted by Gasteiger charge is -2.39. The van der Waals surface area contributed by atoms with Crippen molar-refractivity contribution in [2.75, 3.05) is 32.8 Å². The second-order valence-corrected chi connectivity index (χ2v) is 6.49. The highest BCUT2D eigenvalue weighted by Crippen LogP contribution is 2.25. The Hall–Kier alpha value is -1.46. The molecule has 1 aromatic heterocycles. The fourth-order valence-electron chi connectivity index (χ4n) is 3.61. The molecule has 2 aliphatic heterocycles. The molecule has 2 atom stereocenters. The molecular weight excluding hydrogens is 290 g/mol. The number of nitrogens with zero attached hydrogens (tertiary/aromatic N) is 3. The lowest BCUT2D eigenvalue weighted by Crippen LogP contribution is -2.52. The molecule has 5 heteroatoms. The summed E-state index contributed by atoms with van der Waals surface area (Å²) in [5.74, 6) is 0.366. The number of carbonyl (C=O) groups is 1. The molecule has 0 spiro atoms. The zero-order chi connectivity index (χ0) is 16.1. The van der Waals surface area contributed by atoms with E-state index in [1.54, 1.807) is 0 Å². The Bertz CT molecular complexity index is 500. The van der Waals surface area contributed by atoms with Gasteiger partial charge in [-0.15, -0.1) is 0 Å². The van der Waals surface area contributed by atoms with Gasteiger partial charge >= 0.3 is 0 Å². The number of carbonyl (C=O) groups excluding carboxylic acids is 1. The number of amides is 1. The maximum absolute atomic E-state index is 12.8. The van der Waals surface area contributed by atoms with E-state index in [9.17, 15) is 4.79 Å². The Labute approximate surface area is 138 Å². The van der Waals surface area contributed by atoms with Gasteiger partial charge in [0.1, 0.15) is 0 Å². The Kier molecular flexibility index (Phi) is 5.62. The summed E-state index contributed by atoms with van der Waals surface area (Å²) in [6, 6.07) is 6.02. The summed E-state index contributed by atoms with van der Waals surface area (Å²) >= 11 is 0. The van der Waals surface area contributed by atoms with Crippen molar-refractivity contribution in [3.63, 3.8) is 0 Å². The molecule has 0 saturated carbocycles. The zero-order valence-electron chi connectivity index (χ0n) is 14.0. The van der Waals surface area contributed by atoms with Crippen LogP contribution in [0.3, 0.4) is 0 Å². The number of pyridine rings is 1. The van der Waals surface area contributed by atoms with Crippen LogP contribution in [0.5, 0.6) is 0 Å². The number of hydrogen-bond acceptors (Lipinski definition) is 4. The standard InChI is InChI=1S/C18H27N3O2/c1-2-17-16(7-5-13-23-17)18(22)21-11-9-20(10-12-21)14-15-6-3-4-8-19-15/h3-4,6,8,16-17H,2,5,7,9-14H2,1H3/t16-,17-/m1/s1. The molecule has 23 heavy (non-hydrogen) atoms. The van der Waals surface area contributed by atoms with Crippen LogP contribution in [0.1, 0.15) is 31.9 Å². The highest BCUT2D eigenvalue weighted by molar-refractivity contribution is 5.79. The van der Waals surface area contributed by atoms with Crippen molar-refractivity contribution in [1.29, 1.82) is 0 Å². The van der Waals surface area contributed by atoms with Crippen LogP contribution in [-0.4, -0.2) is 59.6 Å². The van der Waals surface area contributed by atoms with Gasteiger partial charge in [-0.1, -0.05) is 13.0 Å². The first kappa shape index (κ1) is 16.4. The topological polar surface area (TPSA) is 45.7 Å². The fourth-order valence-corrected chi connectivity index (χ4v) is 3.61. The first-order valence-electron chi connectivity index (χ1n) is 8.80. The molecule has 0 aromatic carbocycles. The van der Waals surface area contributed by atoms with Crippen molar-refractivity contribution < 1.29 is 9.53 Å². The summed E-state index contributed by atoms with van der Waals surface area (Å²) in [6.07, 6.45) is 4.86. The van der Waals surface area contributed by atoms with Gasteiger partial charge in [0.15, 0.2) is 0 Å². The number of aromatic nitrogens is 1. The summed E-state index contributed by atoms with van der Waals surface area (Å²) in [7, 11) is 0. The quantitative estimate of drug-likeness (QED) is 0.851. The van der Waals surface area contributed by atoms with Gasteiger partial charge in [0, 0.05) is 45.5 Å². The summed E-state index contributed by atoms with van der Waals surface area (Å²) < 4.78 is 5.79. The van der Waals surface area contributed by atoms with E-state index in [-0.39, 0.29) is 12.0 Å². The van der Waals surface area contributed by atoms with Crippen molar-refractivity contribution in [2.24, 2.45) is 5.92 Å². The van der Waals surface area contributed by atoms with Crippen LogP contribution in [0.4, 0.5) is 0 Å². The molecule has 126 valence electrons. The normalized spacial score (nSPS) is 26.2. The molecular formula is C18H27N3O2. The third-order valence-corrected chi connectivity index (χ3v) is 4.96. The first-order chi connectivity index (χ1) is 11.3. The Balaban J connectivity index is 1.51. The molecule has 3 heterocycles. The number of ether oxygens (including phenoxy) is 1. The van der Waals surface area contributed by atoms with Crippen molar-refractivity contribution in [3.8, 4) is 0 Å². The van der Waals surface area contributed by atoms with Crippen LogP contribution in [0.2, 0.25) is 0 Å². The molecule has 0 aliphatic carbocycles. The summed E-state index contributed by atoms with van der Waals surface area (Å²) in [6.45, 7) is 7.27. The average molecular weight is 317 g/mol. The molecule has 5 nitrogen and oxygen atoms in total.